The van der Waals surface area contributed by atoms with Crippen molar-refractivity contribution < 1.29 is 10.0 Å². The number of benzene rings is 1. The Bertz CT molecular complexity index is 549. The van der Waals surface area contributed by atoms with Crippen molar-refractivity contribution in [1.29, 1.82) is 5.26 Å². The highest BCUT2D eigenvalue weighted by Gasteiger charge is 2.42. The van der Waals surface area contributed by atoms with Gasteiger partial charge in [-0.3, -0.25) is 10.1 Å². The summed E-state index contributed by atoms with van der Waals surface area (Å²) in [6, 6.07) is 6.17. The highest BCUT2D eigenvalue weighted by molar-refractivity contribution is 5.65. The average Bonchev–Trinajstić information content (AvgIpc) is 3.23. The van der Waals surface area contributed by atoms with E-state index in [0.717, 1.165) is 12.8 Å². The molecule has 0 saturated heterocycles. The lowest BCUT2D eigenvalue weighted by Crippen LogP contribution is -2.41. The molecule has 0 spiro atoms. The Morgan fingerprint density at radius 2 is 2.32 bits per heavy atom. The largest absolute Gasteiger partial charge is 0.394 e. The van der Waals surface area contributed by atoms with Crippen molar-refractivity contribution in [1.82, 2.24) is 0 Å². The summed E-state index contributed by atoms with van der Waals surface area (Å²) in [6.07, 6.45) is 2.02. The summed E-state index contributed by atoms with van der Waals surface area (Å²) in [6.45, 7) is 1.77. The van der Waals surface area contributed by atoms with Gasteiger partial charge in [-0.05, 0) is 37.8 Å². The van der Waals surface area contributed by atoms with Gasteiger partial charge in [0.15, 0.2) is 0 Å². The maximum atomic E-state index is 11.0. The summed E-state index contributed by atoms with van der Waals surface area (Å²) in [5.74, 6) is 0.327. The van der Waals surface area contributed by atoms with Crippen molar-refractivity contribution in [3.8, 4) is 6.07 Å². The monoisotopic (exact) mass is 261 g/mol. The summed E-state index contributed by atoms with van der Waals surface area (Å²) < 4.78 is 0. The third-order valence-electron chi connectivity index (χ3n) is 3.55. The van der Waals surface area contributed by atoms with Crippen LogP contribution in [0, 0.1) is 27.4 Å². The van der Waals surface area contributed by atoms with E-state index in [1.54, 1.807) is 0 Å². The number of nitrogens with zero attached hydrogens (tertiary/aromatic N) is 2. The van der Waals surface area contributed by atoms with Crippen molar-refractivity contribution >= 4 is 11.4 Å². The number of rotatable bonds is 5. The van der Waals surface area contributed by atoms with Crippen LogP contribution in [0.5, 0.6) is 0 Å². The van der Waals surface area contributed by atoms with Crippen molar-refractivity contribution in [3.05, 3.63) is 33.9 Å². The van der Waals surface area contributed by atoms with Gasteiger partial charge in [-0.2, -0.15) is 5.26 Å². The van der Waals surface area contributed by atoms with Crippen LogP contribution < -0.4 is 5.32 Å². The lowest BCUT2D eigenvalue weighted by atomic mass is 9.96. The zero-order valence-corrected chi connectivity index (χ0v) is 10.6. The van der Waals surface area contributed by atoms with Gasteiger partial charge in [-0.15, -0.1) is 0 Å². The van der Waals surface area contributed by atoms with Crippen molar-refractivity contribution in [2.75, 3.05) is 11.9 Å². The lowest BCUT2D eigenvalue weighted by molar-refractivity contribution is -0.384. The molecule has 1 saturated carbocycles. The molecule has 1 aromatic carbocycles. The minimum absolute atomic E-state index is 0.0885. The highest BCUT2D eigenvalue weighted by atomic mass is 16.6. The van der Waals surface area contributed by atoms with Crippen molar-refractivity contribution in [2.45, 2.75) is 25.3 Å². The van der Waals surface area contributed by atoms with E-state index in [0.29, 0.717) is 11.6 Å². The molecule has 2 rings (SSSR count). The first-order chi connectivity index (χ1) is 9.00. The molecule has 0 aromatic heterocycles. The minimum Gasteiger partial charge on any atom is -0.394 e. The molecule has 2 N–H and O–H groups in total. The predicted molar refractivity (Wildman–Crippen MR) is 69.6 cm³/mol. The fourth-order valence-corrected chi connectivity index (χ4v) is 2.16. The van der Waals surface area contributed by atoms with Gasteiger partial charge in [-0.25, -0.2) is 0 Å². The molecular weight excluding hydrogens is 246 g/mol. The lowest BCUT2D eigenvalue weighted by Gasteiger charge is -2.29. The molecule has 1 unspecified atom stereocenters. The number of anilines is 1. The highest BCUT2D eigenvalue weighted by Crippen LogP contribution is 2.42. The summed E-state index contributed by atoms with van der Waals surface area (Å²) in [7, 11) is 0. The van der Waals surface area contributed by atoms with Crippen LogP contribution >= 0.6 is 0 Å². The maximum Gasteiger partial charge on any atom is 0.293 e. The Morgan fingerprint density at radius 1 is 1.63 bits per heavy atom. The molecule has 0 aliphatic heterocycles. The predicted octanol–water partition coefficient (Wildman–Crippen LogP) is 2.04. The Morgan fingerprint density at radius 3 is 2.79 bits per heavy atom. The summed E-state index contributed by atoms with van der Waals surface area (Å²) in [5.41, 5.74) is -0.111. The standard InChI is InChI=1S/C13H15N3O3/c1-13(8-17,10-3-4-10)15-11-5-2-9(7-14)6-12(11)16(18)19/h2,5-6,10,15,17H,3-4,8H2,1H3. The molecule has 0 bridgehead atoms. The quantitative estimate of drug-likeness (QED) is 0.624. The van der Waals surface area contributed by atoms with Gasteiger partial charge in [0.1, 0.15) is 5.69 Å². The van der Waals surface area contributed by atoms with E-state index < -0.39 is 10.5 Å². The summed E-state index contributed by atoms with van der Waals surface area (Å²) >= 11 is 0. The van der Waals surface area contributed by atoms with Crippen LogP contribution in [0.25, 0.3) is 0 Å². The fraction of sp³-hybridized carbons (Fsp3) is 0.462. The van der Waals surface area contributed by atoms with Crippen LogP contribution in [0.3, 0.4) is 0 Å². The van der Waals surface area contributed by atoms with E-state index in [4.69, 9.17) is 5.26 Å². The average molecular weight is 261 g/mol. The number of nitro groups is 1. The molecule has 1 aliphatic carbocycles. The number of hydrogen-bond donors (Lipinski definition) is 2. The zero-order chi connectivity index (χ0) is 14.0. The second kappa shape index (κ2) is 4.86. The molecule has 100 valence electrons. The van der Waals surface area contributed by atoms with Crippen molar-refractivity contribution in [2.24, 2.45) is 5.92 Å². The Hall–Kier alpha value is -2.13. The number of nitrogens with one attached hydrogen (secondary N) is 1. The van der Waals surface area contributed by atoms with Gasteiger partial charge in [-0.1, -0.05) is 0 Å². The van der Waals surface area contributed by atoms with Gasteiger partial charge >= 0.3 is 0 Å². The molecule has 1 atom stereocenters. The van der Waals surface area contributed by atoms with E-state index in [2.05, 4.69) is 5.32 Å². The van der Waals surface area contributed by atoms with Gasteiger partial charge in [0, 0.05) is 6.07 Å². The molecule has 6 heteroatoms. The first kappa shape index (κ1) is 13.3. The summed E-state index contributed by atoms with van der Waals surface area (Å²) in [5, 5.41) is 32.4. The molecule has 1 fully saturated rings. The molecular formula is C13H15N3O3. The molecule has 19 heavy (non-hydrogen) atoms. The second-order valence-corrected chi connectivity index (χ2v) is 5.08. The van der Waals surface area contributed by atoms with Crippen LogP contribution in [0.1, 0.15) is 25.3 Å². The molecule has 6 nitrogen and oxygen atoms in total. The van der Waals surface area contributed by atoms with Crippen LogP contribution in [-0.4, -0.2) is 22.2 Å². The molecule has 1 aromatic rings. The van der Waals surface area contributed by atoms with Gasteiger partial charge in [0.05, 0.1) is 28.7 Å². The topological polar surface area (TPSA) is 99.2 Å². The van der Waals surface area contributed by atoms with Crippen LogP contribution in [0.4, 0.5) is 11.4 Å². The van der Waals surface area contributed by atoms with Crippen LogP contribution in [0.15, 0.2) is 18.2 Å². The Balaban J connectivity index is 2.34. The van der Waals surface area contributed by atoms with Crippen LogP contribution in [0.2, 0.25) is 0 Å². The van der Waals surface area contributed by atoms with Crippen LogP contribution in [-0.2, 0) is 0 Å². The molecule has 0 radical (unpaired) electrons. The van der Waals surface area contributed by atoms with E-state index in [9.17, 15) is 15.2 Å². The number of aliphatic hydroxyl groups excluding tert-OH is 1. The number of aliphatic hydroxyl groups is 1. The summed E-state index contributed by atoms with van der Waals surface area (Å²) in [4.78, 5) is 10.5. The minimum atomic E-state index is -0.557. The number of nitriles is 1. The first-order valence-corrected chi connectivity index (χ1v) is 6.08. The third kappa shape index (κ3) is 2.66. The smallest absolute Gasteiger partial charge is 0.293 e. The zero-order valence-electron chi connectivity index (χ0n) is 10.6. The van der Waals surface area contributed by atoms with Gasteiger partial charge in [0.25, 0.3) is 5.69 Å². The van der Waals surface area contributed by atoms with E-state index in [1.807, 2.05) is 13.0 Å². The van der Waals surface area contributed by atoms with E-state index in [1.165, 1.54) is 18.2 Å². The number of hydrogen-bond acceptors (Lipinski definition) is 5. The van der Waals surface area contributed by atoms with E-state index in [-0.39, 0.29) is 17.9 Å². The SMILES string of the molecule is CC(CO)(Nc1ccc(C#N)cc1[N+](=O)[O-])C1CC1. The third-order valence-corrected chi connectivity index (χ3v) is 3.55. The second-order valence-electron chi connectivity index (χ2n) is 5.08. The Labute approximate surface area is 110 Å². The Kier molecular flexibility index (Phi) is 3.40. The molecule has 0 amide bonds. The first-order valence-electron chi connectivity index (χ1n) is 6.08. The van der Waals surface area contributed by atoms with Crippen molar-refractivity contribution in [3.63, 3.8) is 0 Å². The van der Waals surface area contributed by atoms with E-state index >= 15 is 0 Å². The van der Waals surface area contributed by atoms with Gasteiger partial charge in [0.2, 0.25) is 0 Å². The number of nitro benzene ring substituents is 1. The fourth-order valence-electron chi connectivity index (χ4n) is 2.16. The molecule has 1 aliphatic rings. The van der Waals surface area contributed by atoms with Gasteiger partial charge < -0.3 is 10.4 Å². The normalized spacial score (nSPS) is 17.3. The molecule has 0 heterocycles. The maximum absolute atomic E-state index is 11.0.